The number of benzene rings is 2. The van der Waals surface area contributed by atoms with E-state index in [9.17, 15) is 0 Å². The number of hydrogen-bond donors (Lipinski definition) is 2. The van der Waals surface area contributed by atoms with Crippen LogP contribution >= 0.6 is 0 Å². The van der Waals surface area contributed by atoms with Gasteiger partial charge >= 0.3 is 0 Å². The molecule has 0 radical (unpaired) electrons. The van der Waals surface area contributed by atoms with Crippen LogP contribution in [0.1, 0.15) is 12.5 Å². The monoisotopic (exact) mass is 371 g/mol. The Morgan fingerprint density at radius 2 is 1.96 bits per heavy atom. The number of aliphatic imine (C=N–C) groups is 1. The molecule has 1 aliphatic heterocycles. The molecule has 0 saturated carbocycles. The third kappa shape index (κ3) is 4.75. The molecule has 0 bridgehead atoms. The van der Waals surface area contributed by atoms with Gasteiger partial charge in [0, 0.05) is 25.3 Å². The predicted molar refractivity (Wildman–Crippen MR) is 105 cm³/mol. The van der Waals surface area contributed by atoms with Gasteiger partial charge in [-0.3, -0.25) is 4.99 Å². The van der Waals surface area contributed by atoms with Crippen molar-refractivity contribution < 1.29 is 18.9 Å². The number of nitrogens with zero attached hydrogens (tertiary/aromatic N) is 1. The molecule has 7 nitrogen and oxygen atoms in total. The first kappa shape index (κ1) is 18.7. The first-order chi connectivity index (χ1) is 13.2. The van der Waals surface area contributed by atoms with E-state index in [0.717, 1.165) is 35.9 Å². The quantitative estimate of drug-likeness (QED) is 0.576. The first-order valence-electron chi connectivity index (χ1n) is 8.90. The molecule has 0 fully saturated rings. The molecule has 0 unspecified atom stereocenters. The van der Waals surface area contributed by atoms with Gasteiger partial charge in [-0.05, 0) is 43.2 Å². The second-order valence-corrected chi connectivity index (χ2v) is 5.86. The van der Waals surface area contributed by atoms with Crippen LogP contribution in [0.25, 0.3) is 0 Å². The number of anilines is 1. The zero-order valence-electron chi connectivity index (χ0n) is 15.9. The van der Waals surface area contributed by atoms with E-state index in [4.69, 9.17) is 18.9 Å². The summed E-state index contributed by atoms with van der Waals surface area (Å²) in [5.41, 5.74) is 2.04. The van der Waals surface area contributed by atoms with Gasteiger partial charge in [0.2, 0.25) is 6.79 Å². The molecule has 2 aromatic carbocycles. The molecule has 0 aliphatic carbocycles. The summed E-state index contributed by atoms with van der Waals surface area (Å²) in [5, 5.41) is 6.57. The minimum absolute atomic E-state index is 0.291. The number of fused-ring (bicyclic) bond motifs is 1. The summed E-state index contributed by atoms with van der Waals surface area (Å²) in [6, 6.07) is 11.7. The Morgan fingerprint density at radius 1 is 1.11 bits per heavy atom. The van der Waals surface area contributed by atoms with E-state index >= 15 is 0 Å². The van der Waals surface area contributed by atoms with Crippen LogP contribution in [0.4, 0.5) is 5.69 Å². The third-order valence-electron chi connectivity index (χ3n) is 4.09. The van der Waals surface area contributed by atoms with Crippen molar-refractivity contribution in [1.82, 2.24) is 5.32 Å². The zero-order chi connectivity index (χ0) is 19.1. The SMILES string of the molecule is CCOc1ccc(NC(=NC)NCCc2ccc3c(c2)OCO3)cc1OC. The standard InChI is InChI=1S/C20H25N3O4/c1-4-25-16-8-6-15(12-18(16)24-3)23-20(21-2)22-10-9-14-5-7-17-19(11-14)27-13-26-17/h5-8,11-12H,4,9-10,13H2,1-3H3,(H2,21,22,23). The second-order valence-electron chi connectivity index (χ2n) is 5.86. The lowest BCUT2D eigenvalue weighted by Gasteiger charge is -2.14. The van der Waals surface area contributed by atoms with Gasteiger partial charge in [-0.25, -0.2) is 0 Å². The minimum Gasteiger partial charge on any atom is -0.493 e. The van der Waals surface area contributed by atoms with Crippen molar-refractivity contribution >= 4 is 11.6 Å². The Bertz CT molecular complexity index is 808. The van der Waals surface area contributed by atoms with Crippen LogP contribution in [0.5, 0.6) is 23.0 Å². The second kappa shape index (κ2) is 9.02. The van der Waals surface area contributed by atoms with Crippen molar-refractivity contribution in [3.63, 3.8) is 0 Å². The van der Waals surface area contributed by atoms with E-state index in [2.05, 4.69) is 15.6 Å². The van der Waals surface area contributed by atoms with E-state index in [1.54, 1.807) is 14.2 Å². The summed E-state index contributed by atoms with van der Waals surface area (Å²) in [7, 11) is 3.36. The molecule has 7 heteroatoms. The van der Waals surface area contributed by atoms with Crippen molar-refractivity contribution in [2.75, 3.05) is 39.4 Å². The lowest BCUT2D eigenvalue weighted by molar-refractivity contribution is 0.174. The average Bonchev–Trinajstić information content (AvgIpc) is 3.16. The molecule has 0 aromatic heterocycles. The molecule has 0 atom stereocenters. The average molecular weight is 371 g/mol. The number of rotatable bonds is 7. The van der Waals surface area contributed by atoms with Crippen LogP contribution in [0.3, 0.4) is 0 Å². The Kier molecular flexibility index (Phi) is 6.25. The Balaban J connectivity index is 1.55. The molecule has 0 spiro atoms. The highest BCUT2D eigenvalue weighted by Crippen LogP contribution is 2.32. The van der Waals surface area contributed by atoms with Gasteiger partial charge in [0.05, 0.1) is 13.7 Å². The molecular weight excluding hydrogens is 346 g/mol. The largest absolute Gasteiger partial charge is 0.493 e. The van der Waals surface area contributed by atoms with Crippen molar-refractivity contribution in [2.24, 2.45) is 4.99 Å². The fourth-order valence-electron chi connectivity index (χ4n) is 2.76. The van der Waals surface area contributed by atoms with E-state index in [-0.39, 0.29) is 0 Å². The van der Waals surface area contributed by atoms with Crippen LogP contribution in [-0.4, -0.2) is 40.1 Å². The molecule has 1 heterocycles. The maximum absolute atomic E-state index is 5.54. The minimum atomic E-state index is 0.291. The summed E-state index contributed by atoms with van der Waals surface area (Å²) in [6.07, 6.45) is 0.837. The van der Waals surface area contributed by atoms with Gasteiger partial charge in [-0.2, -0.15) is 0 Å². The number of ether oxygens (including phenoxy) is 4. The number of methoxy groups -OCH3 is 1. The van der Waals surface area contributed by atoms with Gasteiger partial charge in [0.1, 0.15) is 0 Å². The fraction of sp³-hybridized carbons (Fsp3) is 0.350. The topological polar surface area (TPSA) is 73.3 Å². The molecule has 2 aromatic rings. The molecule has 27 heavy (non-hydrogen) atoms. The molecule has 1 aliphatic rings. The Morgan fingerprint density at radius 3 is 2.74 bits per heavy atom. The van der Waals surface area contributed by atoms with Crippen molar-refractivity contribution in [3.8, 4) is 23.0 Å². The van der Waals surface area contributed by atoms with Gasteiger partial charge in [0.25, 0.3) is 0 Å². The summed E-state index contributed by atoms with van der Waals surface area (Å²) < 4.78 is 21.7. The number of guanidine groups is 1. The molecule has 3 rings (SSSR count). The van der Waals surface area contributed by atoms with Crippen LogP contribution in [0, 0.1) is 0 Å². The maximum Gasteiger partial charge on any atom is 0.231 e. The van der Waals surface area contributed by atoms with Crippen LogP contribution in [0.2, 0.25) is 0 Å². The van der Waals surface area contributed by atoms with Gasteiger partial charge in [0.15, 0.2) is 29.0 Å². The molecule has 2 N–H and O–H groups in total. The highest BCUT2D eigenvalue weighted by atomic mass is 16.7. The van der Waals surface area contributed by atoms with E-state index < -0.39 is 0 Å². The smallest absolute Gasteiger partial charge is 0.231 e. The van der Waals surface area contributed by atoms with Gasteiger partial charge in [-0.1, -0.05) is 6.07 Å². The van der Waals surface area contributed by atoms with E-state index in [1.165, 1.54) is 5.56 Å². The summed E-state index contributed by atoms with van der Waals surface area (Å²) in [5.74, 6) is 3.68. The highest BCUT2D eigenvalue weighted by molar-refractivity contribution is 5.93. The molecule has 144 valence electrons. The summed E-state index contributed by atoms with van der Waals surface area (Å²) in [4.78, 5) is 4.26. The first-order valence-corrected chi connectivity index (χ1v) is 8.90. The maximum atomic E-state index is 5.54. The van der Waals surface area contributed by atoms with Gasteiger partial charge < -0.3 is 29.6 Å². The van der Waals surface area contributed by atoms with Crippen molar-refractivity contribution in [1.29, 1.82) is 0 Å². The van der Waals surface area contributed by atoms with E-state index in [1.807, 2.05) is 43.3 Å². The fourth-order valence-corrected chi connectivity index (χ4v) is 2.76. The van der Waals surface area contributed by atoms with Crippen molar-refractivity contribution in [3.05, 3.63) is 42.0 Å². The summed E-state index contributed by atoms with van der Waals surface area (Å²) >= 11 is 0. The van der Waals surface area contributed by atoms with Gasteiger partial charge in [-0.15, -0.1) is 0 Å². The van der Waals surface area contributed by atoms with Crippen LogP contribution in [0.15, 0.2) is 41.4 Å². The Labute approximate surface area is 159 Å². The number of hydrogen-bond acceptors (Lipinski definition) is 5. The molecule has 0 saturated heterocycles. The van der Waals surface area contributed by atoms with Crippen LogP contribution < -0.4 is 29.6 Å². The molecular formula is C20H25N3O4. The van der Waals surface area contributed by atoms with E-state index in [0.29, 0.717) is 25.1 Å². The number of nitrogens with one attached hydrogen (secondary N) is 2. The van der Waals surface area contributed by atoms with Crippen LogP contribution in [-0.2, 0) is 6.42 Å². The Hall–Kier alpha value is -3.09. The normalized spacial score (nSPS) is 12.6. The third-order valence-corrected chi connectivity index (χ3v) is 4.09. The predicted octanol–water partition coefficient (Wildman–Crippen LogP) is 3.05. The highest BCUT2D eigenvalue weighted by Gasteiger charge is 2.13. The summed E-state index contributed by atoms with van der Waals surface area (Å²) in [6.45, 7) is 3.55. The zero-order valence-corrected chi connectivity index (χ0v) is 15.9. The van der Waals surface area contributed by atoms with Crippen molar-refractivity contribution in [2.45, 2.75) is 13.3 Å². The lowest BCUT2D eigenvalue weighted by atomic mass is 10.1. The molecule has 0 amide bonds. The lowest BCUT2D eigenvalue weighted by Crippen LogP contribution is -2.32.